The molecular formula is C15H22N2O. The minimum Gasteiger partial charge on any atom is -0.354 e. The van der Waals surface area contributed by atoms with Crippen molar-refractivity contribution in [3.05, 3.63) is 0 Å². The zero-order valence-electron chi connectivity index (χ0n) is 11.0. The third kappa shape index (κ3) is 1.92. The quantitative estimate of drug-likeness (QED) is 0.832. The van der Waals surface area contributed by atoms with Crippen molar-refractivity contribution >= 4 is 5.91 Å². The molecule has 2 bridgehead atoms. The van der Waals surface area contributed by atoms with Gasteiger partial charge in [0.15, 0.2) is 0 Å². The first kappa shape index (κ1) is 12.0. The normalized spacial score (nSPS) is 36.5. The maximum Gasteiger partial charge on any atom is 0.240 e. The molecule has 1 N–H and O–H groups in total. The van der Waals surface area contributed by atoms with Crippen LogP contribution >= 0.6 is 0 Å². The van der Waals surface area contributed by atoms with E-state index in [0.717, 1.165) is 44.1 Å². The predicted molar refractivity (Wildman–Crippen MR) is 68.5 cm³/mol. The Morgan fingerprint density at radius 3 is 2.61 bits per heavy atom. The van der Waals surface area contributed by atoms with Gasteiger partial charge in [-0.15, -0.1) is 0 Å². The number of nitrogens with one attached hydrogen (secondary N) is 1. The second-order valence-electron chi connectivity index (χ2n) is 6.55. The van der Waals surface area contributed by atoms with E-state index >= 15 is 0 Å². The van der Waals surface area contributed by atoms with Gasteiger partial charge in [0.2, 0.25) is 5.91 Å². The number of rotatable bonds is 3. The SMILES string of the molecule is N#CC1(C(=O)NCC2CC3CCC2C3)CCCC1. The minimum atomic E-state index is -0.697. The van der Waals surface area contributed by atoms with Gasteiger partial charge in [-0.25, -0.2) is 0 Å². The maximum atomic E-state index is 12.2. The van der Waals surface area contributed by atoms with Gasteiger partial charge in [0, 0.05) is 6.54 Å². The fourth-order valence-electron chi connectivity index (χ4n) is 4.39. The Bertz CT molecular complexity index is 378. The molecule has 0 aliphatic heterocycles. The maximum absolute atomic E-state index is 12.2. The zero-order valence-corrected chi connectivity index (χ0v) is 11.0. The van der Waals surface area contributed by atoms with E-state index in [2.05, 4.69) is 11.4 Å². The van der Waals surface area contributed by atoms with Crippen LogP contribution in [0.4, 0.5) is 0 Å². The molecule has 3 saturated carbocycles. The highest BCUT2D eigenvalue weighted by atomic mass is 16.2. The Labute approximate surface area is 109 Å². The molecule has 3 unspecified atom stereocenters. The van der Waals surface area contributed by atoms with Crippen LogP contribution in [0.25, 0.3) is 0 Å². The Kier molecular flexibility index (Phi) is 3.05. The summed E-state index contributed by atoms with van der Waals surface area (Å²) in [5.41, 5.74) is -0.697. The zero-order chi connectivity index (χ0) is 12.6. The summed E-state index contributed by atoms with van der Waals surface area (Å²) in [6.07, 6.45) is 8.99. The number of carbonyl (C=O) groups is 1. The number of carbonyl (C=O) groups excluding carboxylic acids is 1. The average Bonchev–Trinajstić information content (AvgIpc) is 3.11. The second kappa shape index (κ2) is 4.57. The molecule has 3 fully saturated rings. The minimum absolute atomic E-state index is 0.00488. The van der Waals surface area contributed by atoms with Crippen molar-refractivity contribution in [3.63, 3.8) is 0 Å². The highest BCUT2D eigenvalue weighted by Crippen LogP contribution is 2.48. The molecule has 0 radical (unpaired) electrons. The van der Waals surface area contributed by atoms with Gasteiger partial charge in [-0.2, -0.15) is 5.26 Å². The summed E-state index contributed by atoms with van der Waals surface area (Å²) in [4.78, 5) is 12.2. The Morgan fingerprint density at radius 1 is 1.28 bits per heavy atom. The number of hydrogen-bond donors (Lipinski definition) is 1. The molecule has 18 heavy (non-hydrogen) atoms. The topological polar surface area (TPSA) is 52.9 Å². The molecule has 3 nitrogen and oxygen atoms in total. The largest absolute Gasteiger partial charge is 0.354 e. The van der Waals surface area contributed by atoms with E-state index in [1.54, 1.807) is 0 Å². The van der Waals surface area contributed by atoms with Gasteiger partial charge in [0.05, 0.1) is 6.07 Å². The number of amides is 1. The van der Waals surface area contributed by atoms with Crippen LogP contribution in [0.1, 0.15) is 51.4 Å². The fraction of sp³-hybridized carbons (Fsp3) is 0.867. The van der Waals surface area contributed by atoms with Crippen molar-refractivity contribution in [3.8, 4) is 6.07 Å². The van der Waals surface area contributed by atoms with E-state index in [-0.39, 0.29) is 5.91 Å². The van der Waals surface area contributed by atoms with Crippen molar-refractivity contribution < 1.29 is 4.79 Å². The first-order valence-electron chi connectivity index (χ1n) is 7.43. The van der Waals surface area contributed by atoms with Crippen molar-refractivity contribution in [2.24, 2.45) is 23.2 Å². The highest BCUT2D eigenvalue weighted by molar-refractivity contribution is 5.85. The van der Waals surface area contributed by atoms with Crippen LogP contribution in [0.5, 0.6) is 0 Å². The van der Waals surface area contributed by atoms with E-state index < -0.39 is 5.41 Å². The van der Waals surface area contributed by atoms with Gasteiger partial charge in [0.1, 0.15) is 5.41 Å². The lowest BCUT2D eigenvalue weighted by molar-refractivity contribution is -0.128. The monoisotopic (exact) mass is 246 g/mol. The molecule has 0 spiro atoms. The summed E-state index contributed by atoms with van der Waals surface area (Å²) in [6.45, 7) is 0.809. The Morgan fingerprint density at radius 2 is 2.06 bits per heavy atom. The first-order chi connectivity index (χ1) is 8.73. The van der Waals surface area contributed by atoms with E-state index in [1.165, 1.54) is 25.7 Å². The lowest BCUT2D eigenvalue weighted by atomic mass is 9.85. The second-order valence-corrected chi connectivity index (χ2v) is 6.55. The van der Waals surface area contributed by atoms with Gasteiger partial charge < -0.3 is 5.32 Å². The summed E-state index contributed by atoms with van der Waals surface area (Å²) in [5, 5.41) is 12.4. The molecule has 3 aliphatic carbocycles. The fourth-order valence-corrected chi connectivity index (χ4v) is 4.39. The molecule has 1 amide bonds. The molecule has 98 valence electrons. The lowest BCUT2D eigenvalue weighted by Crippen LogP contribution is -2.41. The van der Waals surface area contributed by atoms with E-state index in [0.29, 0.717) is 5.92 Å². The van der Waals surface area contributed by atoms with Crippen LogP contribution in [0.3, 0.4) is 0 Å². The summed E-state index contributed by atoms with van der Waals surface area (Å²) in [6, 6.07) is 2.27. The molecule has 0 aromatic carbocycles. The molecule has 0 aromatic rings. The molecule has 3 rings (SSSR count). The number of nitriles is 1. The summed E-state index contributed by atoms with van der Waals surface area (Å²) in [5.74, 6) is 2.46. The standard InChI is InChI=1S/C15H22N2O/c16-10-15(5-1-2-6-15)14(18)17-9-13-8-11-3-4-12(13)7-11/h11-13H,1-9H2,(H,17,18). The number of hydrogen-bond acceptors (Lipinski definition) is 2. The van der Waals surface area contributed by atoms with Gasteiger partial charge in [0.25, 0.3) is 0 Å². The molecule has 3 heteroatoms. The summed E-state index contributed by atoms with van der Waals surface area (Å²) in [7, 11) is 0. The van der Waals surface area contributed by atoms with Crippen molar-refractivity contribution in [1.29, 1.82) is 5.26 Å². The number of nitrogens with zero attached hydrogens (tertiary/aromatic N) is 1. The predicted octanol–water partition coefficient (Wildman–Crippen LogP) is 2.62. The molecule has 0 heterocycles. The first-order valence-corrected chi connectivity index (χ1v) is 7.43. The Hall–Kier alpha value is -1.04. The third-order valence-electron chi connectivity index (χ3n) is 5.52. The van der Waals surface area contributed by atoms with E-state index in [9.17, 15) is 10.1 Å². The molecular weight excluding hydrogens is 224 g/mol. The van der Waals surface area contributed by atoms with Crippen LogP contribution < -0.4 is 5.32 Å². The smallest absolute Gasteiger partial charge is 0.240 e. The van der Waals surface area contributed by atoms with Crippen LogP contribution in [0, 0.1) is 34.5 Å². The van der Waals surface area contributed by atoms with Crippen LogP contribution in [-0.2, 0) is 4.79 Å². The molecule has 0 aromatic heterocycles. The van der Waals surface area contributed by atoms with E-state index in [4.69, 9.17) is 0 Å². The number of fused-ring (bicyclic) bond motifs is 2. The highest BCUT2D eigenvalue weighted by Gasteiger charge is 2.43. The average molecular weight is 246 g/mol. The summed E-state index contributed by atoms with van der Waals surface area (Å²) < 4.78 is 0. The van der Waals surface area contributed by atoms with Gasteiger partial charge in [-0.05, 0) is 49.9 Å². The molecule has 3 aliphatic rings. The van der Waals surface area contributed by atoms with Crippen molar-refractivity contribution in [1.82, 2.24) is 5.32 Å². The van der Waals surface area contributed by atoms with E-state index in [1.807, 2.05) is 0 Å². The molecule has 3 atom stereocenters. The van der Waals surface area contributed by atoms with Gasteiger partial charge in [-0.3, -0.25) is 4.79 Å². The van der Waals surface area contributed by atoms with Crippen molar-refractivity contribution in [2.45, 2.75) is 51.4 Å². The summed E-state index contributed by atoms with van der Waals surface area (Å²) >= 11 is 0. The van der Waals surface area contributed by atoms with Crippen molar-refractivity contribution in [2.75, 3.05) is 6.54 Å². The van der Waals surface area contributed by atoms with Gasteiger partial charge >= 0.3 is 0 Å². The molecule has 0 saturated heterocycles. The third-order valence-corrected chi connectivity index (χ3v) is 5.52. The Balaban J connectivity index is 1.54. The van der Waals surface area contributed by atoms with Crippen LogP contribution in [0.2, 0.25) is 0 Å². The van der Waals surface area contributed by atoms with Crippen LogP contribution in [-0.4, -0.2) is 12.5 Å². The van der Waals surface area contributed by atoms with Crippen LogP contribution in [0.15, 0.2) is 0 Å². The van der Waals surface area contributed by atoms with Gasteiger partial charge in [-0.1, -0.05) is 19.3 Å². The lowest BCUT2D eigenvalue weighted by Gasteiger charge is -2.25.